The van der Waals surface area contributed by atoms with E-state index in [1.165, 1.54) is 76.2 Å². The van der Waals surface area contributed by atoms with Gasteiger partial charge in [-0.25, -0.2) is 0 Å². The second-order valence-corrected chi connectivity index (χ2v) is 6.74. The molecule has 0 amide bonds. The van der Waals surface area contributed by atoms with Crippen molar-refractivity contribution in [1.82, 2.24) is 0 Å². The van der Waals surface area contributed by atoms with E-state index in [-0.39, 0.29) is 0 Å². The summed E-state index contributed by atoms with van der Waals surface area (Å²) in [4.78, 5) is 0. The zero-order chi connectivity index (χ0) is 15.3. The lowest BCUT2D eigenvalue weighted by Gasteiger charge is -2.04. The minimum Gasteiger partial charge on any atom is -0.115 e. The summed E-state index contributed by atoms with van der Waals surface area (Å²) in [6.07, 6.45) is 20.5. The molecule has 116 valence electrons. The molecule has 21 heavy (non-hydrogen) atoms. The van der Waals surface area contributed by atoms with Crippen LogP contribution in [0.15, 0.2) is 22.7 Å². The first kappa shape index (κ1) is 18.3. The molecule has 0 aliphatic rings. The molecule has 0 nitrogen and oxygen atoms in total. The second-order valence-electron chi connectivity index (χ2n) is 5.89. The van der Waals surface area contributed by atoms with Crippen LogP contribution in [-0.2, 0) is 6.42 Å². The van der Waals surface area contributed by atoms with Gasteiger partial charge in [0.25, 0.3) is 0 Å². The maximum atomic E-state index is 5.43. The normalized spacial score (nSPS) is 10.5. The molecule has 0 fully saturated rings. The van der Waals surface area contributed by atoms with Crippen molar-refractivity contribution >= 4 is 15.9 Å². The van der Waals surface area contributed by atoms with Crippen LogP contribution in [0, 0.1) is 12.3 Å². The summed E-state index contributed by atoms with van der Waals surface area (Å²) < 4.78 is 1.05. The van der Waals surface area contributed by atoms with Gasteiger partial charge in [0.15, 0.2) is 0 Å². The molecule has 1 heteroatoms. The van der Waals surface area contributed by atoms with Crippen LogP contribution in [0.1, 0.15) is 82.3 Å². The molecule has 0 bridgehead atoms. The van der Waals surface area contributed by atoms with Crippen LogP contribution in [0.25, 0.3) is 0 Å². The standard InChI is InChI=1S/C20H29Br/c1-3-5-6-7-8-9-10-11-12-13-14-18-15-16-19(4-2)20(21)17-18/h2,15-17H,3,5-14H2,1H3. The van der Waals surface area contributed by atoms with Crippen LogP contribution in [0.4, 0.5) is 0 Å². The minimum absolute atomic E-state index is 0.946. The predicted molar refractivity (Wildman–Crippen MR) is 97.6 cm³/mol. The van der Waals surface area contributed by atoms with E-state index in [0.717, 1.165) is 10.0 Å². The Bertz CT molecular complexity index is 428. The third-order valence-electron chi connectivity index (χ3n) is 4.01. The van der Waals surface area contributed by atoms with Crippen molar-refractivity contribution < 1.29 is 0 Å². The lowest BCUT2D eigenvalue weighted by atomic mass is 10.0. The fourth-order valence-electron chi connectivity index (χ4n) is 2.65. The van der Waals surface area contributed by atoms with E-state index < -0.39 is 0 Å². The SMILES string of the molecule is C#Cc1ccc(CCCCCCCCCCCC)cc1Br. The van der Waals surface area contributed by atoms with Crippen molar-refractivity contribution in [3.05, 3.63) is 33.8 Å². The summed E-state index contributed by atoms with van der Waals surface area (Å²) in [5.74, 6) is 2.68. The molecule has 0 unspecified atom stereocenters. The van der Waals surface area contributed by atoms with Gasteiger partial charge in [-0.15, -0.1) is 6.42 Å². The van der Waals surface area contributed by atoms with E-state index in [0.29, 0.717) is 0 Å². The van der Waals surface area contributed by atoms with Gasteiger partial charge in [-0.3, -0.25) is 0 Å². The van der Waals surface area contributed by atoms with Crippen molar-refractivity contribution in [1.29, 1.82) is 0 Å². The highest BCUT2D eigenvalue weighted by molar-refractivity contribution is 9.10. The third kappa shape index (κ3) is 8.32. The van der Waals surface area contributed by atoms with E-state index in [1.54, 1.807) is 0 Å². The van der Waals surface area contributed by atoms with Crippen LogP contribution in [0.2, 0.25) is 0 Å². The van der Waals surface area contributed by atoms with Gasteiger partial charge in [0.2, 0.25) is 0 Å². The van der Waals surface area contributed by atoms with Crippen molar-refractivity contribution in [2.45, 2.75) is 77.6 Å². The Hall–Kier alpha value is -0.740. The highest BCUT2D eigenvalue weighted by atomic mass is 79.9. The monoisotopic (exact) mass is 348 g/mol. The van der Waals surface area contributed by atoms with Gasteiger partial charge >= 0.3 is 0 Å². The van der Waals surface area contributed by atoms with Crippen LogP contribution < -0.4 is 0 Å². The van der Waals surface area contributed by atoms with Gasteiger partial charge in [0.1, 0.15) is 0 Å². The highest BCUT2D eigenvalue weighted by Gasteiger charge is 1.99. The molecule has 0 aliphatic carbocycles. The van der Waals surface area contributed by atoms with Gasteiger partial charge < -0.3 is 0 Å². The maximum Gasteiger partial charge on any atom is 0.0384 e. The number of hydrogen-bond acceptors (Lipinski definition) is 0. The molecule has 1 aromatic carbocycles. The second kappa shape index (κ2) is 11.9. The van der Waals surface area contributed by atoms with Gasteiger partial charge in [0, 0.05) is 10.0 Å². The molecule has 0 radical (unpaired) electrons. The first-order valence-electron chi connectivity index (χ1n) is 8.53. The average molecular weight is 349 g/mol. The molecule has 0 N–H and O–H groups in total. The van der Waals surface area contributed by atoms with E-state index >= 15 is 0 Å². The minimum atomic E-state index is 0.946. The van der Waals surface area contributed by atoms with Crippen molar-refractivity contribution in [3.8, 4) is 12.3 Å². The molecular formula is C20H29Br. The zero-order valence-corrected chi connectivity index (χ0v) is 15.1. The Morgan fingerprint density at radius 3 is 2.00 bits per heavy atom. The molecule has 1 aromatic rings. The average Bonchev–Trinajstić information content (AvgIpc) is 2.49. The predicted octanol–water partition coefficient (Wildman–Crippen LogP) is 6.89. The van der Waals surface area contributed by atoms with E-state index in [1.807, 2.05) is 6.07 Å². The summed E-state index contributed by atoms with van der Waals surface area (Å²) in [6.45, 7) is 2.28. The van der Waals surface area contributed by atoms with E-state index in [4.69, 9.17) is 6.42 Å². The lowest BCUT2D eigenvalue weighted by Crippen LogP contribution is -1.88. The number of unbranched alkanes of at least 4 members (excludes halogenated alkanes) is 9. The fourth-order valence-corrected chi connectivity index (χ4v) is 3.19. The lowest BCUT2D eigenvalue weighted by molar-refractivity contribution is 0.556. The van der Waals surface area contributed by atoms with Crippen LogP contribution in [0.3, 0.4) is 0 Å². The van der Waals surface area contributed by atoms with E-state index in [9.17, 15) is 0 Å². The molecule has 0 atom stereocenters. The third-order valence-corrected chi connectivity index (χ3v) is 4.66. The van der Waals surface area contributed by atoms with Crippen molar-refractivity contribution in [2.24, 2.45) is 0 Å². The molecule has 1 rings (SSSR count). The highest BCUT2D eigenvalue weighted by Crippen LogP contribution is 2.19. The van der Waals surface area contributed by atoms with Crippen LogP contribution in [0.5, 0.6) is 0 Å². The summed E-state index contributed by atoms with van der Waals surface area (Å²) in [5.41, 5.74) is 2.34. The molecule has 0 spiro atoms. The smallest absolute Gasteiger partial charge is 0.0384 e. The van der Waals surface area contributed by atoms with Crippen LogP contribution in [-0.4, -0.2) is 0 Å². The van der Waals surface area contributed by atoms with Gasteiger partial charge in [0.05, 0.1) is 0 Å². The first-order valence-corrected chi connectivity index (χ1v) is 9.32. The Labute approximate surface area is 139 Å². The molecular weight excluding hydrogens is 320 g/mol. The number of rotatable bonds is 11. The number of halogens is 1. The Balaban J connectivity index is 2.02. The maximum absolute atomic E-state index is 5.43. The zero-order valence-electron chi connectivity index (χ0n) is 13.5. The van der Waals surface area contributed by atoms with Crippen LogP contribution >= 0.6 is 15.9 Å². The quantitative estimate of drug-likeness (QED) is 0.301. The Morgan fingerprint density at radius 1 is 0.905 bits per heavy atom. The number of benzene rings is 1. The molecule has 0 aromatic heterocycles. The van der Waals surface area contributed by atoms with Gasteiger partial charge in [-0.05, 0) is 46.5 Å². The summed E-state index contributed by atoms with van der Waals surface area (Å²) in [6, 6.07) is 6.37. The largest absolute Gasteiger partial charge is 0.115 e. The van der Waals surface area contributed by atoms with Gasteiger partial charge in [-0.2, -0.15) is 0 Å². The van der Waals surface area contributed by atoms with Crippen molar-refractivity contribution in [3.63, 3.8) is 0 Å². The topological polar surface area (TPSA) is 0 Å². The molecule has 0 saturated carbocycles. The summed E-state index contributed by atoms with van der Waals surface area (Å²) in [7, 11) is 0. The molecule has 0 saturated heterocycles. The van der Waals surface area contributed by atoms with Crippen molar-refractivity contribution in [2.75, 3.05) is 0 Å². The Morgan fingerprint density at radius 2 is 1.48 bits per heavy atom. The summed E-state index contributed by atoms with van der Waals surface area (Å²) >= 11 is 3.53. The Kier molecular flexibility index (Phi) is 10.3. The first-order chi connectivity index (χ1) is 10.3. The van der Waals surface area contributed by atoms with E-state index in [2.05, 4.69) is 40.9 Å². The number of aryl methyl sites for hydroxylation is 1. The summed E-state index contributed by atoms with van der Waals surface area (Å²) in [5, 5.41) is 0. The fraction of sp³-hybridized carbons (Fsp3) is 0.600. The molecule has 0 heterocycles. The number of terminal acetylenes is 1. The number of hydrogen-bond donors (Lipinski definition) is 0. The molecule has 0 aliphatic heterocycles. The van der Waals surface area contributed by atoms with Gasteiger partial charge in [-0.1, -0.05) is 76.7 Å².